The van der Waals surface area contributed by atoms with Crippen LogP contribution in [0.2, 0.25) is 5.02 Å². The van der Waals surface area contributed by atoms with E-state index in [1.807, 2.05) is 18.2 Å². The number of halogens is 1. The Bertz CT molecular complexity index is 700. The molecule has 0 spiro atoms. The number of methoxy groups -OCH3 is 1. The van der Waals surface area contributed by atoms with Crippen molar-refractivity contribution in [3.05, 3.63) is 23.2 Å². The van der Waals surface area contributed by atoms with E-state index in [9.17, 15) is 4.79 Å². The lowest BCUT2D eigenvalue weighted by atomic mass is 10.2. The highest BCUT2D eigenvalue weighted by Gasteiger charge is 2.28. The predicted molar refractivity (Wildman–Crippen MR) is 107 cm³/mol. The van der Waals surface area contributed by atoms with E-state index in [1.54, 1.807) is 12.0 Å². The molecule has 1 aromatic carbocycles. The van der Waals surface area contributed by atoms with Gasteiger partial charge in [-0.1, -0.05) is 17.5 Å². The van der Waals surface area contributed by atoms with E-state index >= 15 is 0 Å². The minimum absolute atomic E-state index is 0.0472. The number of hydrogen-bond acceptors (Lipinski definition) is 4. The number of carbonyl (C=O) groups excluding carboxylic acids is 1. The van der Waals surface area contributed by atoms with Crippen LogP contribution in [0.3, 0.4) is 0 Å². The first kappa shape index (κ1) is 19.7. The fourth-order valence-corrected chi connectivity index (χ4v) is 3.80. The summed E-state index contributed by atoms with van der Waals surface area (Å²) >= 11 is 6.14. The number of urea groups is 1. The highest BCUT2D eigenvalue weighted by Crippen LogP contribution is 2.33. The van der Waals surface area contributed by atoms with Crippen LogP contribution in [0.1, 0.15) is 19.3 Å². The second-order valence-electron chi connectivity index (χ2n) is 6.92. The zero-order valence-electron chi connectivity index (χ0n) is 15.6. The van der Waals surface area contributed by atoms with Gasteiger partial charge in [0.25, 0.3) is 0 Å². The third-order valence-corrected chi connectivity index (χ3v) is 5.25. The smallest absolute Gasteiger partial charge is 0.318 e. The number of hydrogen-bond donors (Lipinski definition) is 1. The van der Waals surface area contributed by atoms with Gasteiger partial charge in [0.15, 0.2) is 0 Å². The van der Waals surface area contributed by atoms with Gasteiger partial charge in [0.1, 0.15) is 5.75 Å². The number of nitrogens with one attached hydrogen (secondary N) is 1. The Morgan fingerprint density at radius 1 is 1.52 bits per heavy atom. The molecule has 0 radical (unpaired) electrons. The van der Waals surface area contributed by atoms with Crippen LogP contribution in [0.25, 0.3) is 0 Å². The summed E-state index contributed by atoms with van der Waals surface area (Å²) in [4.78, 5) is 16.5. The summed E-state index contributed by atoms with van der Waals surface area (Å²) in [6.07, 6.45) is 8.39. The SMILES string of the molecule is C#CCN(C[C@H]1CCCO1)C(=O)N[C@@H]1CCN(c2cc(Cl)ccc2OC)C1. The van der Waals surface area contributed by atoms with E-state index in [4.69, 9.17) is 27.5 Å². The van der Waals surface area contributed by atoms with Crippen molar-refractivity contribution in [2.45, 2.75) is 31.4 Å². The number of ether oxygens (including phenoxy) is 2. The van der Waals surface area contributed by atoms with Crippen molar-refractivity contribution < 1.29 is 14.3 Å². The molecule has 2 aliphatic rings. The summed E-state index contributed by atoms with van der Waals surface area (Å²) in [5, 5.41) is 3.77. The Hall–Kier alpha value is -2.10. The maximum absolute atomic E-state index is 12.7. The molecule has 2 fully saturated rings. The Kier molecular flexibility index (Phi) is 6.70. The Morgan fingerprint density at radius 3 is 3.07 bits per heavy atom. The molecule has 3 rings (SSSR count). The second-order valence-corrected chi connectivity index (χ2v) is 7.35. The van der Waals surface area contributed by atoms with Crippen molar-refractivity contribution in [2.24, 2.45) is 0 Å². The summed E-state index contributed by atoms with van der Waals surface area (Å²) in [6, 6.07) is 5.48. The van der Waals surface area contributed by atoms with Gasteiger partial charge in [-0.25, -0.2) is 4.79 Å². The van der Waals surface area contributed by atoms with E-state index in [1.165, 1.54) is 0 Å². The molecule has 2 saturated heterocycles. The number of amides is 2. The number of benzene rings is 1. The summed E-state index contributed by atoms with van der Waals surface area (Å²) in [6.45, 7) is 3.10. The van der Waals surface area contributed by atoms with Crippen LogP contribution in [0.15, 0.2) is 18.2 Å². The predicted octanol–water partition coefficient (Wildman–Crippen LogP) is 2.75. The molecule has 2 atom stereocenters. The standard InChI is InChI=1S/C20H26ClN3O3/c1-3-9-24(14-17-5-4-11-27-17)20(25)22-16-8-10-23(13-16)18-12-15(21)6-7-19(18)26-2/h1,6-7,12,16-17H,4-5,8-11,13-14H2,2H3,(H,22,25)/t16-,17-/m1/s1. The molecule has 6 nitrogen and oxygen atoms in total. The fourth-order valence-electron chi connectivity index (χ4n) is 3.64. The van der Waals surface area contributed by atoms with Gasteiger partial charge in [-0.3, -0.25) is 0 Å². The minimum Gasteiger partial charge on any atom is -0.495 e. The molecule has 1 N–H and O–H groups in total. The van der Waals surface area contributed by atoms with Gasteiger partial charge in [-0.2, -0.15) is 0 Å². The van der Waals surface area contributed by atoms with E-state index in [2.05, 4.69) is 16.1 Å². The number of rotatable bonds is 6. The number of anilines is 1. The van der Waals surface area contributed by atoms with Crippen LogP contribution in [0.5, 0.6) is 5.75 Å². The Labute approximate surface area is 165 Å². The third-order valence-electron chi connectivity index (χ3n) is 5.01. The lowest BCUT2D eigenvalue weighted by Gasteiger charge is -2.26. The zero-order valence-corrected chi connectivity index (χ0v) is 16.4. The van der Waals surface area contributed by atoms with Gasteiger partial charge in [0.05, 0.1) is 25.4 Å². The maximum Gasteiger partial charge on any atom is 0.318 e. The van der Waals surface area contributed by atoms with Crippen LogP contribution in [0.4, 0.5) is 10.5 Å². The molecule has 1 aromatic rings. The topological polar surface area (TPSA) is 54.0 Å². The molecule has 0 aromatic heterocycles. The third kappa shape index (κ3) is 5.00. The van der Waals surface area contributed by atoms with Crippen molar-refractivity contribution in [3.63, 3.8) is 0 Å². The van der Waals surface area contributed by atoms with Crippen molar-refractivity contribution in [1.82, 2.24) is 10.2 Å². The molecule has 2 heterocycles. The van der Waals surface area contributed by atoms with Crippen LogP contribution >= 0.6 is 11.6 Å². The van der Waals surface area contributed by atoms with Crippen molar-refractivity contribution in [2.75, 3.05) is 44.8 Å². The first-order valence-corrected chi connectivity index (χ1v) is 9.67. The van der Waals surface area contributed by atoms with Crippen LogP contribution in [-0.2, 0) is 4.74 Å². The average Bonchev–Trinajstić information content (AvgIpc) is 3.33. The number of carbonyl (C=O) groups is 1. The molecular formula is C20H26ClN3O3. The van der Waals surface area contributed by atoms with Gasteiger partial charge in [-0.15, -0.1) is 6.42 Å². The largest absolute Gasteiger partial charge is 0.495 e. The molecule has 0 bridgehead atoms. The molecule has 146 valence electrons. The van der Waals surface area contributed by atoms with Crippen molar-refractivity contribution >= 4 is 23.3 Å². The molecule has 27 heavy (non-hydrogen) atoms. The number of terminal acetylenes is 1. The Balaban J connectivity index is 1.59. The summed E-state index contributed by atoms with van der Waals surface area (Å²) in [5.74, 6) is 3.35. The van der Waals surface area contributed by atoms with Gasteiger partial charge in [0.2, 0.25) is 0 Å². The number of nitrogens with zero attached hydrogens (tertiary/aromatic N) is 2. The van der Waals surface area contributed by atoms with Gasteiger partial charge >= 0.3 is 6.03 Å². The molecule has 0 saturated carbocycles. The lowest BCUT2D eigenvalue weighted by Crippen LogP contribution is -2.48. The minimum atomic E-state index is -0.131. The maximum atomic E-state index is 12.7. The normalized spacial score (nSPS) is 21.7. The summed E-state index contributed by atoms with van der Waals surface area (Å²) in [5.41, 5.74) is 0.946. The summed E-state index contributed by atoms with van der Waals surface area (Å²) < 4.78 is 11.1. The van der Waals surface area contributed by atoms with Crippen molar-refractivity contribution in [1.29, 1.82) is 0 Å². The van der Waals surface area contributed by atoms with Gasteiger partial charge in [-0.05, 0) is 37.5 Å². The molecular weight excluding hydrogens is 366 g/mol. The lowest BCUT2D eigenvalue weighted by molar-refractivity contribution is 0.0842. The van der Waals surface area contributed by atoms with E-state index in [0.29, 0.717) is 18.1 Å². The Morgan fingerprint density at radius 2 is 2.37 bits per heavy atom. The second kappa shape index (κ2) is 9.20. The first-order chi connectivity index (χ1) is 13.1. The van der Waals surface area contributed by atoms with Gasteiger partial charge in [0, 0.05) is 37.3 Å². The molecule has 2 aliphatic heterocycles. The quantitative estimate of drug-likeness (QED) is 0.757. The van der Waals surface area contributed by atoms with E-state index < -0.39 is 0 Å². The highest BCUT2D eigenvalue weighted by molar-refractivity contribution is 6.30. The van der Waals surface area contributed by atoms with Crippen LogP contribution in [-0.4, -0.2) is 63.0 Å². The van der Waals surface area contributed by atoms with E-state index in [-0.39, 0.29) is 24.7 Å². The van der Waals surface area contributed by atoms with Crippen molar-refractivity contribution in [3.8, 4) is 18.1 Å². The van der Waals surface area contributed by atoms with Crippen LogP contribution in [0, 0.1) is 12.3 Å². The molecule has 2 amide bonds. The zero-order chi connectivity index (χ0) is 19.2. The van der Waals surface area contributed by atoms with E-state index in [0.717, 1.165) is 43.9 Å². The monoisotopic (exact) mass is 391 g/mol. The highest BCUT2D eigenvalue weighted by atomic mass is 35.5. The molecule has 0 unspecified atom stereocenters. The average molecular weight is 392 g/mol. The summed E-state index contributed by atoms with van der Waals surface area (Å²) in [7, 11) is 1.64. The van der Waals surface area contributed by atoms with Crippen LogP contribution < -0.4 is 15.0 Å². The first-order valence-electron chi connectivity index (χ1n) is 9.29. The molecule has 0 aliphatic carbocycles. The molecule has 7 heteroatoms. The fraction of sp³-hybridized carbons (Fsp3) is 0.550. The van der Waals surface area contributed by atoms with Gasteiger partial charge < -0.3 is 24.6 Å².